The molecule has 1 amide bonds. The van der Waals surface area contributed by atoms with Gasteiger partial charge in [0.15, 0.2) is 0 Å². The number of rotatable bonds is 35. The van der Waals surface area contributed by atoms with E-state index in [9.17, 15) is 19.5 Å². The van der Waals surface area contributed by atoms with E-state index in [2.05, 4.69) is 55.6 Å². The van der Waals surface area contributed by atoms with Crippen LogP contribution in [0.25, 0.3) is 0 Å². The van der Waals surface area contributed by atoms with Gasteiger partial charge in [-0.05, 0) is 90.0 Å². The summed E-state index contributed by atoms with van der Waals surface area (Å²) >= 11 is 0. The molecule has 0 aliphatic carbocycles. The van der Waals surface area contributed by atoms with E-state index in [0.717, 1.165) is 57.8 Å². The molecule has 0 bridgehead atoms. The maximum Gasteiger partial charge on any atom is 0.326 e. The Morgan fingerprint density at radius 2 is 1.12 bits per heavy atom. The molecule has 4 N–H and O–H groups in total. The fourth-order valence-corrected chi connectivity index (χ4v) is 5.74. The Hall–Kier alpha value is -2.41. The zero-order chi connectivity index (χ0) is 35.3. The number of nitrogens with one attached hydrogen (secondary N) is 1. The summed E-state index contributed by atoms with van der Waals surface area (Å²) in [5, 5.41) is 11.8. The molecule has 0 radical (unpaired) electrons. The standard InChI is InChI=1S/C41H74N2O5/c1-3-5-6-7-8-9-10-11-12-13-14-15-16-17-18-19-20-21-22-23-24-25-29-35-40(45)48-37(31-4-2)32-27-26-28-34-39(44)43-38(41(46)47)33-30-36-42/h10-11,13-14,16-17,37-38H,3-9,12,15,18-36,42H2,1-2H3,(H,43,44)(H,46,47)/b11-10-,14-13-,17-16-. The molecule has 0 aliphatic rings. The monoisotopic (exact) mass is 675 g/mol. The molecule has 0 aromatic heterocycles. The van der Waals surface area contributed by atoms with E-state index in [1.807, 2.05) is 0 Å². The number of allylic oxidation sites excluding steroid dienone is 6. The summed E-state index contributed by atoms with van der Waals surface area (Å²) in [5.41, 5.74) is 5.45. The number of aliphatic carboxylic acids is 1. The molecule has 7 heteroatoms. The van der Waals surface area contributed by atoms with Gasteiger partial charge in [0.1, 0.15) is 12.1 Å². The number of carbonyl (C=O) groups excluding carboxylic acids is 2. The predicted octanol–water partition coefficient (Wildman–Crippen LogP) is 10.7. The highest BCUT2D eigenvalue weighted by Gasteiger charge is 2.19. The molecule has 0 aliphatic heterocycles. The molecular formula is C41H74N2O5. The SMILES string of the molecule is CCCCCCC/C=C\C/C=C\C/C=C\CCCCCCCCCCC(=O)OC(CCC)CCCCCC(=O)NC(CCCN)C(=O)O. The molecule has 2 unspecified atom stereocenters. The number of hydrogen-bond donors (Lipinski definition) is 3. The molecule has 7 nitrogen and oxygen atoms in total. The van der Waals surface area contributed by atoms with E-state index in [0.29, 0.717) is 38.6 Å². The maximum atomic E-state index is 12.4. The lowest BCUT2D eigenvalue weighted by molar-refractivity contribution is -0.150. The van der Waals surface area contributed by atoms with Crippen molar-refractivity contribution in [2.45, 2.75) is 199 Å². The van der Waals surface area contributed by atoms with Gasteiger partial charge in [-0.2, -0.15) is 0 Å². The number of carboxylic acid groups (broad SMARTS) is 1. The van der Waals surface area contributed by atoms with Crippen LogP contribution in [0, 0.1) is 0 Å². The number of carboxylic acids is 1. The molecule has 48 heavy (non-hydrogen) atoms. The zero-order valence-corrected chi connectivity index (χ0v) is 31.1. The minimum absolute atomic E-state index is 0.0581. The third-order valence-corrected chi connectivity index (χ3v) is 8.69. The molecule has 0 spiro atoms. The van der Waals surface area contributed by atoms with Gasteiger partial charge in [-0.1, -0.05) is 127 Å². The summed E-state index contributed by atoms with van der Waals surface area (Å²) in [6.07, 6.45) is 41.3. The Bertz CT molecular complexity index is 854. The summed E-state index contributed by atoms with van der Waals surface area (Å²) in [5.74, 6) is -1.35. The Balaban J connectivity index is 3.73. The number of amides is 1. The summed E-state index contributed by atoms with van der Waals surface area (Å²) < 4.78 is 5.78. The lowest BCUT2D eigenvalue weighted by Gasteiger charge is -2.17. The van der Waals surface area contributed by atoms with E-state index in [1.165, 1.54) is 83.5 Å². The molecule has 0 aromatic rings. The summed E-state index contributed by atoms with van der Waals surface area (Å²) in [6.45, 7) is 4.76. The van der Waals surface area contributed by atoms with Crippen molar-refractivity contribution in [3.8, 4) is 0 Å². The summed E-state index contributed by atoms with van der Waals surface area (Å²) in [6, 6.07) is -0.873. The highest BCUT2D eigenvalue weighted by atomic mass is 16.5. The van der Waals surface area contributed by atoms with Crippen LogP contribution in [-0.4, -0.2) is 41.6 Å². The average Bonchev–Trinajstić information content (AvgIpc) is 3.06. The van der Waals surface area contributed by atoms with Crippen molar-refractivity contribution in [1.82, 2.24) is 5.32 Å². The Kier molecular flexibility index (Phi) is 34.1. The fraction of sp³-hybridized carbons (Fsp3) is 0.780. The van der Waals surface area contributed by atoms with Crippen molar-refractivity contribution in [3.63, 3.8) is 0 Å². The van der Waals surface area contributed by atoms with Gasteiger partial charge in [0.05, 0.1) is 0 Å². The first kappa shape index (κ1) is 45.6. The maximum absolute atomic E-state index is 12.4. The topological polar surface area (TPSA) is 119 Å². The van der Waals surface area contributed by atoms with Gasteiger partial charge in [-0.15, -0.1) is 0 Å². The normalized spacial score (nSPS) is 13.1. The number of ether oxygens (including phenoxy) is 1. The lowest BCUT2D eigenvalue weighted by Crippen LogP contribution is -2.40. The largest absolute Gasteiger partial charge is 0.480 e. The smallest absolute Gasteiger partial charge is 0.326 e. The van der Waals surface area contributed by atoms with E-state index >= 15 is 0 Å². The molecular weight excluding hydrogens is 600 g/mol. The van der Waals surface area contributed by atoms with E-state index in [4.69, 9.17) is 10.5 Å². The van der Waals surface area contributed by atoms with Crippen LogP contribution in [0.5, 0.6) is 0 Å². The first-order valence-electron chi connectivity index (χ1n) is 19.8. The van der Waals surface area contributed by atoms with Crippen LogP contribution in [0.15, 0.2) is 36.5 Å². The van der Waals surface area contributed by atoms with Crippen LogP contribution in [0.4, 0.5) is 0 Å². The van der Waals surface area contributed by atoms with Crippen molar-refractivity contribution >= 4 is 17.8 Å². The minimum atomic E-state index is -1.02. The van der Waals surface area contributed by atoms with Gasteiger partial charge in [0.25, 0.3) is 0 Å². The minimum Gasteiger partial charge on any atom is -0.480 e. The number of nitrogens with two attached hydrogens (primary N) is 1. The third-order valence-electron chi connectivity index (χ3n) is 8.69. The second-order valence-electron chi connectivity index (χ2n) is 13.3. The number of hydrogen-bond acceptors (Lipinski definition) is 5. The predicted molar refractivity (Wildman–Crippen MR) is 202 cm³/mol. The van der Waals surface area contributed by atoms with Gasteiger partial charge in [0, 0.05) is 12.8 Å². The zero-order valence-electron chi connectivity index (χ0n) is 31.1. The van der Waals surface area contributed by atoms with Crippen molar-refractivity contribution in [2.24, 2.45) is 5.73 Å². The number of esters is 1. The van der Waals surface area contributed by atoms with Gasteiger partial charge in [0.2, 0.25) is 5.91 Å². The molecule has 0 saturated carbocycles. The van der Waals surface area contributed by atoms with Crippen molar-refractivity contribution in [1.29, 1.82) is 0 Å². The quantitative estimate of drug-likeness (QED) is 0.0350. The molecule has 0 saturated heterocycles. The van der Waals surface area contributed by atoms with Crippen LogP contribution in [0.3, 0.4) is 0 Å². The van der Waals surface area contributed by atoms with Gasteiger partial charge in [-0.3, -0.25) is 9.59 Å². The average molecular weight is 675 g/mol. The van der Waals surface area contributed by atoms with Gasteiger partial charge in [-0.25, -0.2) is 4.79 Å². The van der Waals surface area contributed by atoms with Crippen LogP contribution in [0.1, 0.15) is 187 Å². The second kappa shape index (κ2) is 35.9. The number of unbranched alkanes of at least 4 members (excludes halogenated alkanes) is 15. The molecule has 278 valence electrons. The first-order valence-corrected chi connectivity index (χ1v) is 19.8. The summed E-state index contributed by atoms with van der Waals surface area (Å²) in [7, 11) is 0. The van der Waals surface area contributed by atoms with Gasteiger partial charge >= 0.3 is 11.9 Å². The van der Waals surface area contributed by atoms with Crippen LogP contribution < -0.4 is 11.1 Å². The second-order valence-corrected chi connectivity index (χ2v) is 13.3. The Labute approximate surface area is 295 Å². The third kappa shape index (κ3) is 32.2. The van der Waals surface area contributed by atoms with Crippen LogP contribution >= 0.6 is 0 Å². The molecule has 0 heterocycles. The van der Waals surface area contributed by atoms with Gasteiger partial charge < -0.3 is 20.9 Å². The highest BCUT2D eigenvalue weighted by Crippen LogP contribution is 2.16. The van der Waals surface area contributed by atoms with Crippen molar-refractivity contribution in [2.75, 3.05) is 6.54 Å². The van der Waals surface area contributed by atoms with E-state index < -0.39 is 12.0 Å². The highest BCUT2D eigenvalue weighted by molar-refractivity contribution is 5.83. The molecule has 2 atom stereocenters. The van der Waals surface area contributed by atoms with Crippen LogP contribution in [-0.2, 0) is 19.1 Å². The lowest BCUT2D eigenvalue weighted by atomic mass is 10.0. The fourth-order valence-electron chi connectivity index (χ4n) is 5.74. The molecule has 0 aromatic carbocycles. The van der Waals surface area contributed by atoms with Crippen LogP contribution in [0.2, 0.25) is 0 Å². The Morgan fingerprint density at radius 3 is 1.69 bits per heavy atom. The van der Waals surface area contributed by atoms with E-state index in [-0.39, 0.29) is 18.0 Å². The Morgan fingerprint density at radius 1 is 0.604 bits per heavy atom. The van der Waals surface area contributed by atoms with Crippen molar-refractivity contribution < 1.29 is 24.2 Å². The molecule has 0 rings (SSSR count). The first-order chi connectivity index (χ1) is 23.4. The van der Waals surface area contributed by atoms with E-state index in [1.54, 1.807) is 0 Å². The molecule has 0 fully saturated rings. The number of carbonyl (C=O) groups is 3. The summed E-state index contributed by atoms with van der Waals surface area (Å²) in [4.78, 5) is 35.8. The van der Waals surface area contributed by atoms with Crippen molar-refractivity contribution in [3.05, 3.63) is 36.5 Å².